The van der Waals surface area contributed by atoms with E-state index in [1.165, 1.54) is 28.4 Å². The van der Waals surface area contributed by atoms with Crippen molar-refractivity contribution in [2.75, 3.05) is 4.90 Å². The zero-order chi connectivity index (χ0) is 22.4. The Hall–Kier alpha value is -2.87. The largest absolute Gasteiger partial charge is 0.506 e. The number of hydrogen-bond donors (Lipinski definition) is 2. The second kappa shape index (κ2) is 8.00. The van der Waals surface area contributed by atoms with Crippen LogP contribution in [0.4, 0.5) is 5.69 Å². The zero-order valence-electron chi connectivity index (χ0n) is 16.4. The van der Waals surface area contributed by atoms with Crippen LogP contribution in [0.15, 0.2) is 53.8 Å². The molecule has 1 aliphatic heterocycles. The number of aliphatic hydroxyl groups excluding tert-OH is 1. The lowest BCUT2D eigenvalue weighted by Gasteiger charge is -2.27. The summed E-state index contributed by atoms with van der Waals surface area (Å²) < 4.78 is 0. The maximum Gasteiger partial charge on any atom is 0.294 e. The first-order valence-corrected chi connectivity index (χ1v) is 10.8. The summed E-state index contributed by atoms with van der Waals surface area (Å²) in [6.45, 7) is 3.48. The molecule has 0 radical (unpaired) electrons. The molecule has 1 aromatic heterocycles. The Kier molecular flexibility index (Phi) is 5.51. The molecule has 0 saturated carbocycles. The number of rotatable bonds is 4. The molecule has 0 bridgehead atoms. The summed E-state index contributed by atoms with van der Waals surface area (Å²) in [5.41, 5.74) is 1.28. The standard InChI is InChI=1S/C22H16Cl2N2O4S/c1-10-21(31-11(2)25-10)19(28)17-18(12-6-7-16(27)15(24)8-12)26(22(30)20(17)29)14-5-3-4-13(23)9-14/h3-9,18,27,29H,1-2H3. The van der Waals surface area contributed by atoms with Gasteiger partial charge in [0.15, 0.2) is 5.76 Å². The molecule has 2 N–H and O–H groups in total. The lowest BCUT2D eigenvalue weighted by Crippen LogP contribution is -2.31. The van der Waals surface area contributed by atoms with Gasteiger partial charge in [0.2, 0.25) is 5.78 Å². The monoisotopic (exact) mass is 474 g/mol. The molecule has 0 fully saturated rings. The fraction of sp³-hybridized carbons (Fsp3) is 0.136. The molecule has 158 valence electrons. The zero-order valence-corrected chi connectivity index (χ0v) is 18.7. The number of aliphatic hydroxyl groups is 1. The van der Waals surface area contributed by atoms with E-state index in [0.717, 1.165) is 0 Å². The normalized spacial score (nSPS) is 16.3. The maximum atomic E-state index is 13.5. The Morgan fingerprint density at radius 1 is 1.13 bits per heavy atom. The number of aryl methyl sites for hydroxylation is 2. The smallest absolute Gasteiger partial charge is 0.294 e. The molecule has 1 unspecified atom stereocenters. The van der Waals surface area contributed by atoms with Gasteiger partial charge in [0, 0.05) is 10.7 Å². The summed E-state index contributed by atoms with van der Waals surface area (Å²) in [5.74, 6) is -2.02. The molecular formula is C22H16Cl2N2O4S. The van der Waals surface area contributed by atoms with Gasteiger partial charge in [-0.2, -0.15) is 0 Å². The van der Waals surface area contributed by atoms with Crippen LogP contribution in [0, 0.1) is 13.8 Å². The van der Waals surface area contributed by atoms with Crippen molar-refractivity contribution >= 4 is 51.9 Å². The van der Waals surface area contributed by atoms with Crippen LogP contribution in [0.25, 0.3) is 0 Å². The second-order valence-corrected chi connectivity index (χ2v) is 9.05. The van der Waals surface area contributed by atoms with E-state index >= 15 is 0 Å². The Labute approximate surface area is 192 Å². The first-order valence-electron chi connectivity index (χ1n) is 9.18. The molecule has 0 aliphatic carbocycles. The summed E-state index contributed by atoms with van der Waals surface area (Å²) in [5, 5.41) is 21.8. The third-order valence-electron chi connectivity index (χ3n) is 4.94. The molecule has 9 heteroatoms. The molecule has 0 spiro atoms. The SMILES string of the molecule is Cc1nc(C)c(C(=O)C2=C(O)C(=O)N(c3cccc(Cl)c3)C2c2ccc(O)c(Cl)c2)s1. The number of carbonyl (C=O) groups excluding carboxylic acids is 2. The van der Waals surface area contributed by atoms with Gasteiger partial charge in [-0.3, -0.25) is 14.5 Å². The van der Waals surface area contributed by atoms with Gasteiger partial charge in [0.1, 0.15) is 5.75 Å². The second-order valence-electron chi connectivity index (χ2n) is 7.01. The third-order valence-corrected chi connectivity index (χ3v) is 6.55. The van der Waals surface area contributed by atoms with Gasteiger partial charge in [0.05, 0.1) is 32.2 Å². The molecular weight excluding hydrogens is 459 g/mol. The van der Waals surface area contributed by atoms with Crippen LogP contribution in [0.2, 0.25) is 10.0 Å². The Balaban J connectivity index is 1.93. The number of aromatic hydroxyl groups is 1. The van der Waals surface area contributed by atoms with Crippen molar-refractivity contribution in [2.24, 2.45) is 0 Å². The topological polar surface area (TPSA) is 90.7 Å². The number of anilines is 1. The number of Topliss-reactive ketones (excluding diaryl/α,β-unsaturated/α-hetero) is 1. The van der Waals surface area contributed by atoms with Gasteiger partial charge in [0.25, 0.3) is 5.91 Å². The van der Waals surface area contributed by atoms with Crippen LogP contribution in [0.3, 0.4) is 0 Å². The average Bonchev–Trinajstić information content (AvgIpc) is 3.19. The van der Waals surface area contributed by atoms with Gasteiger partial charge < -0.3 is 10.2 Å². The van der Waals surface area contributed by atoms with Crippen molar-refractivity contribution in [3.63, 3.8) is 0 Å². The number of hydrogen-bond acceptors (Lipinski definition) is 6. The van der Waals surface area contributed by atoms with E-state index in [4.69, 9.17) is 23.2 Å². The van der Waals surface area contributed by atoms with Crippen LogP contribution >= 0.6 is 34.5 Å². The van der Waals surface area contributed by atoms with Crippen LogP contribution in [0.5, 0.6) is 5.75 Å². The van der Waals surface area contributed by atoms with E-state index in [-0.39, 0.29) is 16.3 Å². The first-order chi connectivity index (χ1) is 14.7. The van der Waals surface area contributed by atoms with Crippen LogP contribution in [-0.2, 0) is 4.79 Å². The minimum absolute atomic E-state index is 0.0546. The minimum atomic E-state index is -0.974. The number of benzene rings is 2. The maximum absolute atomic E-state index is 13.5. The molecule has 1 atom stereocenters. The summed E-state index contributed by atoms with van der Waals surface area (Å²) in [6, 6.07) is 9.95. The van der Waals surface area contributed by atoms with Gasteiger partial charge in [-0.1, -0.05) is 35.3 Å². The number of phenolic OH excluding ortho intramolecular Hbond substituents is 1. The fourth-order valence-electron chi connectivity index (χ4n) is 3.60. The van der Waals surface area contributed by atoms with E-state index in [2.05, 4.69) is 4.98 Å². The van der Waals surface area contributed by atoms with Gasteiger partial charge in [-0.05, 0) is 49.7 Å². The molecule has 2 heterocycles. The Morgan fingerprint density at radius 2 is 1.87 bits per heavy atom. The number of halogens is 2. The van der Waals surface area contributed by atoms with E-state index in [1.807, 2.05) is 0 Å². The first kappa shape index (κ1) is 21.4. The van der Waals surface area contributed by atoms with Crippen LogP contribution in [0.1, 0.15) is 32.0 Å². The van der Waals surface area contributed by atoms with Gasteiger partial charge in [-0.15, -0.1) is 11.3 Å². The third kappa shape index (κ3) is 3.69. The number of nitrogens with zero attached hydrogens (tertiary/aromatic N) is 2. The minimum Gasteiger partial charge on any atom is -0.506 e. The summed E-state index contributed by atoms with van der Waals surface area (Å²) in [6.07, 6.45) is 0. The average molecular weight is 475 g/mol. The molecule has 6 nitrogen and oxygen atoms in total. The number of carbonyl (C=O) groups is 2. The van der Waals surface area contributed by atoms with Crippen molar-refractivity contribution in [1.29, 1.82) is 0 Å². The number of thiazole rings is 1. The number of ketones is 1. The van der Waals surface area contributed by atoms with Crippen molar-refractivity contribution in [1.82, 2.24) is 4.98 Å². The van der Waals surface area contributed by atoms with Crippen molar-refractivity contribution in [3.05, 3.63) is 85.0 Å². The lowest BCUT2D eigenvalue weighted by molar-refractivity contribution is -0.117. The van der Waals surface area contributed by atoms with E-state index in [9.17, 15) is 19.8 Å². The highest BCUT2D eigenvalue weighted by Gasteiger charge is 2.45. The highest BCUT2D eigenvalue weighted by molar-refractivity contribution is 7.14. The number of amides is 1. The summed E-state index contributed by atoms with van der Waals surface area (Å²) in [7, 11) is 0. The van der Waals surface area contributed by atoms with Crippen LogP contribution < -0.4 is 4.90 Å². The molecule has 31 heavy (non-hydrogen) atoms. The van der Waals surface area contributed by atoms with Crippen molar-refractivity contribution in [3.8, 4) is 5.75 Å². The van der Waals surface area contributed by atoms with Gasteiger partial charge >= 0.3 is 0 Å². The molecule has 1 aliphatic rings. The predicted octanol–water partition coefficient (Wildman–Crippen LogP) is 5.56. The van der Waals surface area contributed by atoms with Crippen molar-refractivity contribution in [2.45, 2.75) is 19.9 Å². The molecule has 4 rings (SSSR count). The Bertz CT molecular complexity index is 1270. The van der Waals surface area contributed by atoms with E-state index in [1.54, 1.807) is 44.2 Å². The quantitative estimate of drug-likeness (QED) is 0.483. The number of aromatic nitrogens is 1. The van der Waals surface area contributed by atoms with E-state index < -0.39 is 23.5 Å². The van der Waals surface area contributed by atoms with Crippen molar-refractivity contribution < 1.29 is 19.8 Å². The Morgan fingerprint density at radius 3 is 2.48 bits per heavy atom. The van der Waals surface area contributed by atoms with E-state index in [0.29, 0.717) is 31.9 Å². The lowest BCUT2D eigenvalue weighted by atomic mass is 9.94. The summed E-state index contributed by atoms with van der Waals surface area (Å²) in [4.78, 5) is 32.5. The van der Waals surface area contributed by atoms with Crippen LogP contribution in [-0.4, -0.2) is 26.9 Å². The highest BCUT2D eigenvalue weighted by Crippen LogP contribution is 2.44. The van der Waals surface area contributed by atoms with Gasteiger partial charge in [-0.25, -0.2) is 4.98 Å². The number of phenols is 1. The summed E-state index contributed by atoms with van der Waals surface area (Å²) >= 11 is 13.4. The molecule has 3 aromatic rings. The fourth-order valence-corrected chi connectivity index (χ4v) is 4.85. The highest BCUT2D eigenvalue weighted by atomic mass is 35.5. The predicted molar refractivity (Wildman–Crippen MR) is 120 cm³/mol. The molecule has 1 amide bonds. The molecule has 2 aromatic carbocycles. The molecule has 0 saturated heterocycles.